The summed E-state index contributed by atoms with van der Waals surface area (Å²) in [5.41, 5.74) is 2.31. The van der Waals surface area contributed by atoms with Crippen molar-refractivity contribution in [3.63, 3.8) is 0 Å². The van der Waals surface area contributed by atoms with Gasteiger partial charge in [-0.15, -0.1) is 0 Å². The summed E-state index contributed by atoms with van der Waals surface area (Å²) in [5.74, 6) is -0.348. The number of hydrogen-bond acceptors (Lipinski definition) is 3. The standard InChI is InChI=1S/C14H13BrFN3/c1-19(2)12-6-3-10(4-7-12)17-18-11-5-8-13(15)14(16)9-11/h3-9H,1-2H3/b18-17+. The van der Waals surface area contributed by atoms with Crippen LogP contribution in [0.5, 0.6) is 0 Å². The summed E-state index contributed by atoms with van der Waals surface area (Å²) in [4.78, 5) is 2.00. The number of nitrogens with zero attached hydrogens (tertiary/aromatic N) is 3. The second-order valence-electron chi connectivity index (χ2n) is 4.21. The van der Waals surface area contributed by atoms with Gasteiger partial charge >= 0.3 is 0 Å². The van der Waals surface area contributed by atoms with E-state index in [0.29, 0.717) is 10.2 Å². The van der Waals surface area contributed by atoms with E-state index in [1.165, 1.54) is 6.07 Å². The third kappa shape index (κ3) is 3.61. The third-order valence-electron chi connectivity index (χ3n) is 2.55. The lowest BCUT2D eigenvalue weighted by Gasteiger charge is -2.11. The highest BCUT2D eigenvalue weighted by molar-refractivity contribution is 9.10. The first-order chi connectivity index (χ1) is 9.06. The van der Waals surface area contributed by atoms with Crippen molar-refractivity contribution in [1.82, 2.24) is 0 Å². The van der Waals surface area contributed by atoms with Crippen LogP contribution in [0.3, 0.4) is 0 Å². The summed E-state index contributed by atoms with van der Waals surface area (Å²) < 4.78 is 13.7. The lowest BCUT2D eigenvalue weighted by molar-refractivity contribution is 0.621. The molecule has 98 valence electrons. The third-order valence-corrected chi connectivity index (χ3v) is 3.19. The molecule has 0 radical (unpaired) electrons. The van der Waals surface area contributed by atoms with Crippen molar-refractivity contribution in [2.45, 2.75) is 0 Å². The summed E-state index contributed by atoms with van der Waals surface area (Å²) in [6.07, 6.45) is 0. The molecule has 2 aromatic carbocycles. The van der Waals surface area contributed by atoms with Gasteiger partial charge in [0.1, 0.15) is 5.82 Å². The van der Waals surface area contributed by atoms with Crippen LogP contribution in [0.15, 0.2) is 57.2 Å². The minimum Gasteiger partial charge on any atom is -0.378 e. The van der Waals surface area contributed by atoms with Gasteiger partial charge < -0.3 is 4.90 Å². The Labute approximate surface area is 119 Å². The molecular weight excluding hydrogens is 309 g/mol. The van der Waals surface area contributed by atoms with E-state index in [9.17, 15) is 4.39 Å². The van der Waals surface area contributed by atoms with E-state index in [1.807, 2.05) is 43.3 Å². The van der Waals surface area contributed by atoms with E-state index in [0.717, 1.165) is 11.4 Å². The Morgan fingerprint density at radius 2 is 1.53 bits per heavy atom. The van der Waals surface area contributed by atoms with Gasteiger partial charge in [0.05, 0.1) is 15.8 Å². The molecule has 2 rings (SSSR count). The lowest BCUT2D eigenvalue weighted by atomic mass is 10.3. The zero-order valence-corrected chi connectivity index (χ0v) is 12.2. The van der Waals surface area contributed by atoms with Gasteiger partial charge in [0.2, 0.25) is 0 Å². The SMILES string of the molecule is CN(C)c1ccc(/N=N/c2ccc(Br)c(F)c2)cc1. The predicted molar refractivity (Wildman–Crippen MR) is 79.0 cm³/mol. The first-order valence-corrected chi connectivity index (χ1v) is 6.50. The van der Waals surface area contributed by atoms with Crippen molar-refractivity contribution >= 4 is 33.0 Å². The lowest BCUT2D eigenvalue weighted by Crippen LogP contribution is -2.07. The summed E-state index contributed by atoms with van der Waals surface area (Å²) in [6.45, 7) is 0. The number of azo groups is 1. The number of halogens is 2. The Kier molecular flexibility index (Phi) is 4.27. The number of rotatable bonds is 3. The molecule has 0 aliphatic heterocycles. The average Bonchev–Trinajstić information content (AvgIpc) is 2.40. The van der Waals surface area contributed by atoms with Crippen LogP contribution in [-0.2, 0) is 0 Å². The summed E-state index contributed by atoms with van der Waals surface area (Å²) in [7, 11) is 3.95. The molecule has 0 fully saturated rings. The Hall–Kier alpha value is -1.75. The zero-order chi connectivity index (χ0) is 13.8. The van der Waals surface area contributed by atoms with Crippen LogP contribution < -0.4 is 4.90 Å². The van der Waals surface area contributed by atoms with E-state index in [-0.39, 0.29) is 5.82 Å². The van der Waals surface area contributed by atoms with E-state index in [4.69, 9.17) is 0 Å². The molecule has 2 aromatic rings. The molecule has 0 heterocycles. The summed E-state index contributed by atoms with van der Waals surface area (Å²) in [6, 6.07) is 12.3. The first-order valence-electron chi connectivity index (χ1n) is 5.70. The monoisotopic (exact) mass is 321 g/mol. The average molecular weight is 322 g/mol. The topological polar surface area (TPSA) is 28.0 Å². The first kappa shape index (κ1) is 13.7. The number of anilines is 1. The quantitative estimate of drug-likeness (QED) is 0.725. The van der Waals surface area contributed by atoms with Crippen molar-refractivity contribution in [3.8, 4) is 0 Å². The van der Waals surface area contributed by atoms with E-state index >= 15 is 0 Å². The molecule has 0 aliphatic rings. The minimum absolute atomic E-state index is 0.348. The highest BCUT2D eigenvalue weighted by Crippen LogP contribution is 2.24. The van der Waals surface area contributed by atoms with Gasteiger partial charge in [0.25, 0.3) is 0 Å². The Morgan fingerprint density at radius 3 is 2.11 bits per heavy atom. The van der Waals surface area contributed by atoms with E-state index in [2.05, 4.69) is 26.2 Å². The molecule has 0 unspecified atom stereocenters. The minimum atomic E-state index is -0.348. The molecular formula is C14H13BrFN3. The molecule has 0 saturated heterocycles. The molecule has 0 amide bonds. The molecule has 5 heteroatoms. The molecule has 0 aliphatic carbocycles. The fourth-order valence-electron chi connectivity index (χ4n) is 1.48. The normalized spacial score (nSPS) is 10.9. The fourth-order valence-corrected chi connectivity index (χ4v) is 1.73. The second kappa shape index (κ2) is 5.93. The molecule has 3 nitrogen and oxygen atoms in total. The van der Waals surface area contributed by atoms with Crippen molar-refractivity contribution in [2.24, 2.45) is 10.2 Å². The van der Waals surface area contributed by atoms with Crippen LogP contribution in [0, 0.1) is 5.82 Å². The highest BCUT2D eigenvalue weighted by atomic mass is 79.9. The molecule has 0 spiro atoms. The summed E-state index contributed by atoms with van der Waals surface area (Å²) >= 11 is 3.09. The maximum atomic E-state index is 13.3. The van der Waals surface area contributed by atoms with E-state index in [1.54, 1.807) is 12.1 Å². The van der Waals surface area contributed by atoms with Crippen LogP contribution >= 0.6 is 15.9 Å². The summed E-state index contributed by atoms with van der Waals surface area (Å²) in [5, 5.41) is 8.08. The van der Waals surface area contributed by atoms with Gasteiger partial charge in [-0.05, 0) is 52.3 Å². The van der Waals surface area contributed by atoms with Crippen LogP contribution in [0.25, 0.3) is 0 Å². The number of benzene rings is 2. The molecule has 0 saturated carbocycles. The van der Waals surface area contributed by atoms with Crippen LogP contribution in [0.1, 0.15) is 0 Å². The van der Waals surface area contributed by atoms with Gasteiger partial charge in [-0.25, -0.2) is 4.39 Å². The molecule has 0 aromatic heterocycles. The Morgan fingerprint density at radius 1 is 0.947 bits per heavy atom. The maximum Gasteiger partial charge on any atom is 0.139 e. The van der Waals surface area contributed by atoms with E-state index < -0.39 is 0 Å². The molecule has 0 bridgehead atoms. The largest absolute Gasteiger partial charge is 0.378 e. The fraction of sp³-hybridized carbons (Fsp3) is 0.143. The van der Waals surface area contributed by atoms with Gasteiger partial charge in [-0.3, -0.25) is 0 Å². The Balaban J connectivity index is 2.15. The van der Waals surface area contributed by atoms with Gasteiger partial charge in [0.15, 0.2) is 0 Å². The zero-order valence-electron chi connectivity index (χ0n) is 10.6. The highest BCUT2D eigenvalue weighted by Gasteiger charge is 1.99. The van der Waals surface area contributed by atoms with Crippen molar-refractivity contribution in [1.29, 1.82) is 0 Å². The second-order valence-corrected chi connectivity index (χ2v) is 5.06. The molecule has 0 N–H and O–H groups in total. The van der Waals surface area contributed by atoms with Gasteiger partial charge in [-0.1, -0.05) is 0 Å². The maximum absolute atomic E-state index is 13.3. The van der Waals surface area contributed by atoms with Crippen molar-refractivity contribution < 1.29 is 4.39 Å². The smallest absolute Gasteiger partial charge is 0.139 e. The predicted octanol–water partition coefficient (Wildman–Crippen LogP) is 5.07. The van der Waals surface area contributed by atoms with Gasteiger partial charge in [0, 0.05) is 25.8 Å². The van der Waals surface area contributed by atoms with Crippen molar-refractivity contribution in [3.05, 3.63) is 52.8 Å². The van der Waals surface area contributed by atoms with Crippen LogP contribution in [-0.4, -0.2) is 14.1 Å². The Bertz CT molecular complexity index is 594. The van der Waals surface area contributed by atoms with Crippen molar-refractivity contribution in [2.75, 3.05) is 19.0 Å². The van der Waals surface area contributed by atoms with Crippen LogP contribution in [0.4, 0.5) is 21.5 Å². The van der Waals surface area contributed by atoms with Gasteiger partial charge in [-0.2, -0.15) is 10.2 Å². The molecule has 0 atom stereocenters. The number of hydrogen-bond donors (Lipinski definition) is 0. The molecule has 19 heavy (non-hydrogen) atoms. The van der Waals surface area contributed by atoms with Crippen LogP contribution in [0.2, 0.25) is 0 Å².